The second-order valence-electron chi connectivity index (χ2n) is 3.32. The number of aliphatic carboxylic acids is 1. The van der Waals surface area contributed by atoms with Crippen LogP contribution in [0.3, 0.4) is 0 Å². The van der Waals surface area contributed by atoms with Gasteiger partial charge in [0.1, 0.15) is 0 Å². The lowest BCUT2D eigenvalue weighted by molar-refractivity contribution is -0.138. The van der Waals surface area contributed by atoms with Crippen molar-refractivity contribution in [3.05, 3.63) is 35.4 Å². The Balaban J connectivity index is 2.83. The summed E-state index contributed by atoms with van der Waals surface area (Å²) in [7, 11) is 0. The van der Waals surface area contributed by atoms with Crippen molar-refractivity contribution in [2.75, 3.05) is 0 Å². The predicted octanol–water partition coefficient (Wildman–Crippen LogP) is 2.18. The van der Waals surface area contributed by atoms with E-state index in [0.717, 1.165) is 12.1 Å². The van der Waals surface area contributed by atoms with Crippen LogP contribution in [0.5, 0.6) is 0 Å². The highest BCUT2D eigenvalue weighted by Crippen LogP contribution is 2.29. The Labute approximate surface area is 89.7 Å². The van der Waals surface area contributed by atoms with Gasteiger partial charge in [0.05, 0.1) is 12.0 Å². The van der Waals surface area contributed by atoms with Crippen LogP contribution >= 0.6 is 0 Å². The Hall–Kier alpha value is -1.56. The minimum atomic E-state index is -4.39. The van der Waals surface area contributed by atoms with Gasteiger partial charge in [-0.05, 0) is 17.7 Å². The molecule has 0 aliphatic rings. The third-order valence-corrected chi connectivity index (χ3v) is 2.06. The molecule has 3 N–H and O–H groups in total. The van der Waals surface area contributed by atoms with E-state index in [-0.39, 0.29) is 6.42 Å². The summed E-state index contributed by atoms with van der Waals surface area (Å²) < 4.78 is 36.6. The SMILES string of the molecule is NC(CC(=O)O)c1ccc(C(F)(F)F)cc1. The molecule has 1 atom stereocenters. The van der Waals surface area contributed by atoms with Crippen LogP contribution < -0.4 is 5.73 Å². The molecule has 0 bridgehead atoms. The molecule has 3 nitrogen and oxygen atoms in total. The standard InChI is InChI=1S/C10H10F3NO2/c11-10(12,13)7-3-1-6(2-4-7)8(14)5-9(15)16/h1-4,8H,5,14H2,(H,15,16). The number of rotatable bonds is 3. The second-order valence-corrected chi connectivity index (χ2v) is 3.32. The van der Waals surface area contributed by atoms with Crippen LogP contribution in [0.15, 0.2) is 24.3 Å². The molecule has 1 aromatic rings. The van der Waals surface area contributed by atoms with E-state index in [2.05, 4.69) is 0 Å². The Morgan fingerprint density at radius 1 is 1.31 bits per heavy atom. The van der Waals surface area contributed by atoms with E-state index >= 15 is 0 Å². The molecule has 6 heteroatoms. The summed E-state index contributed by atoms with van der Waals surface area (Å²) in [5, 5.41) is 8.47. The zero-order valence-corrected chi connectivity index (χ0v) is 8.16. The van der Waals surface area contributed by atoms with Crippen molar-refractivity contribution in [1.29, 1.82) is 0 Å². The number of carboxylic acids is 1. The molecule has 0 amide bonds. The lowest BCUT2D eigenvalue weighted by Crippen LogP contribution is -2.15. The lowest BCUT2D eigenvalue weighted by Gasteiger charge is -2.11. The van der Waals surface area contributed by atoms with Gasteiger partial charge in [-0.15, -0.1) is 0 Å². The molecule has 16 heavy (non-hydrogen) atoms. The summed E-state index contributed by atoms with van der Waals surface area (Å²) in [4.78, 5) is 10.3. The van der Waals surface area contributed by atoms with Gasteiger partial charge < -0.3 is 10.8 Å². The first kappa shape index (κ1) is 12.5. The molecule has 1 unspecified atom stereocenters. The molecule has 0 aromatic heterocycles. The third kappa shape index (κ3) is 3.23. The van der Waals surface area contributed by atoms with Gasteiger partial charge in [-0.25, -0.2) is 0 Å². The summed E-state index contributed by atoms with van der Waals surface area (Å²) in [6, 6.07) is 3.36. The highest BCUT2D eigenvalue weighted by Gasteiger charge is 2.30. The van der Waals surface area contributed by atoms with Gasteiger partial charge in [-0.1, -0.05) is 12.1 Å². The fraction of sp³-hybridized carbons (Fsp3) is 0.300. The lowest BCUT2D eigenvalue weighted by atomic mass is 10.0. The highest BCUT2D eigenvalue weighted by molar-refractivity contribution is 5.67. The Bertz CT molecular complexity index is 373. The molecular weight excluding hydrogens is 223 g/mol. The van der Waals surface area contributed by atoms with E-state index in [0.29, 0.717) is 5.56 Å². The maximum Gasteiger partial charge on any atom is 0.416 e. The quantitative estimate of drug-likeness (QED) is 0.841. The molecular formula is C10H10F3NO2. The van der Waals surface area contributed by atoms with Crippen molar-refractivity contribution in [3.63, 3.8) is 0 Å². The van der Waals surface area contributed by atoms with Gasteiger partial charge >= 0.3 is 12.1 Å². The van der Waals surface area contributed by atoms with Gasteiger partial charge in [-0.2, -0.15) is 13.2 Å². The summed E-state index contributed by atoms with van der Waals surface area (Å²) in [6.45, 7) is 0. The number of hydrogen-bond acceptors (Lipinski definition) is 2. The van der Waals surface area contributed by atoms with Crippen LogP contribution in [0.2, 0.25) is 0 Å². The molecule has 0 saturated carbocycles. The van der Waals surface area contributed by atoms with E-state index in [1.807, 2.05) is 0 Å². The number of halogens is 3. The summed E-state index contributed by atoms with van der Waals surface area (Å²) >= 11 is 0. The van der Waals surface area contributed by atoms with Crippen molar-refractivity contribution in [3.8, 4) is 0 Å². The van der Waals surface area contributed by atoms with Crippen LogP contribution in [0.25, 0.3) is 0 Å². The Morgan fingerprint density at radius 3 is 2.19 bits per heavy atom. The fourth-order valence-corrected chi connectivity index (χ4v) is 1.23. The maximum absolute atomic E-state index is 12.2. The van der Waals surface area contributed by atoms with Crippen LogP contribution in [0.4, 0.5) is 13.2 Å². The molecule has 0 aliphatic heterocycles. The van der Waals surface area contributed by atoms with Gasteiger partial charge in [0.2, 0.25) is 0 Å². The van der Waals surface area contributed by atoms with E-state index < -0.39 is 23.8 Å². The van der Waals surface area contributed by atoms with Crippen LogP contribution in [0, 0.1) is 0 Å². The van der Waals surface area contributed by atoms with Crippen molar-refractivity contribution in [1.82, 2.24) is 0 Å². The zero-order chi connectivity index (χ0) is 12.3. The van der Waals surface area contributed by atoms with E-state index in [4.69, 9.17) is 10.8 Å². The molecule has 88 valence electrons. The molecule has 1 rings (SSSR count). The van der Waals surface area contributed by atoms with Gasteiger partial charge in [0.25, 0.3) is 0 Å². The average molecular weight is 233 g/mol. The number of benzene rings is 1. The predicted molar refractivity (Wildman–Crippen MR) is 50.6 cm³/mol. The average Bonchev–Trinajstić information content (AvgIpc) is 2.15. The van der Waals surface area contributed by atoms with E-state index in [1.165, 1.54) is 12.1 Å². The van der Waals surface area contributed by atoms with Crippen molar-refractivity contribution in [2.24, 2.45) is 5.73 Å². The molecule has 0 aliphatic carbocycles. The number of carboxylic acid groups (broad SMARTS) is 1. The highest BCUT2D eigenvalue weighted by atomic mass is 19.4. The van der Waals surface area contributed by atoms with Crippen molar-refractivity contribution in [2.45, 2.75) is 18.6 Å². The monoisotopic (exact) mass is 233 g/mol. The first-order valence-corrected chi connectivity index (χ1v) is 4.45. The second kappa shape index (κ2) is 4.52. The molecule has 0 fully saturated rings. The van der Waals surface area contributed by atoms with E-state index in [1.54, 1.807) is 0 Å². The van der Waals surface area contributed by atoms with Crippen LogP contribution in [0.1, 0.15) is 23.6 Å². The summed E-state index contributed by atoms with van der Waals surface area (Å²) in [5.41, 5.74) is 5.08. The first-order chi connectivity index (χ1) is 7.30. The number of hydrogen-bond donors (Lipinski definition) is 2. The fourth-order valence-electron chi connectivity index (χ4n) is 1.23. The van der Waals surface area contributed by atoms with Gasteiger partial charge in [-0.3, -0.25) is 4.79 Å². The molecule has 0 saturated heterocycles. The molecule has 0 spiro atoms. The van der Waals surface area contributed by atoms with Crippen LogP contribution in [-0.4, -0.2) is 11.1 Å². The van der Waals surface area contributed by atoms with E-state index in [9.17, 15) is 18.0 Å². The summed E-state index contributed by atoms with van der Waals surface area (Å²) in [6.07, 6.45) is -4.71. The normalized spacial score (nSPS) is 13.5. The molecule has 0 radical (unpaired) electrons. The van der Waals surface area contributed by atoms with Crippen LogP contribution in [-0.2, 0) is 11.0 Å². The first-order valence-electron chi connectivity index (χ1n) is 4.45. The minimum Gasteiger partial charge on any atom is -0.481 e. The molecule has 1 aromatic carbocycles. The molecule has 0 heterocycles. The Morgan fingerprint density at radius 2 is 1.81 bits per heavy atom. The largest absolute Gasteiger partial charge is 0.481 e. The van der Waals surface area contributed by atoms with Crippen molar-refractivity contribution < 1.29 is 23.1 Å². The Kier molecular flexibility index (Phi) is 3.54. The number of carbonyl (C=O) groups is 1. The third-order valence-electron chi connectivity index (χ3n) is 2.06. The zero-order valence-electron chi connectivity index (χ0n) is 8.16. The van der Waals surface area contributed by atoms with Gasteiger partial charge in [0, 0.05) is 6.04 Å². The topological polar surface area (TPSA) is 63.3 Å². The minimum absolute atomic E-state index is 0.314. The number of nitrogens with two attached hydrogens (primary N) is 1. The smallest absolute Gasteiger partial charge is 0.416 e. The van der Waals surface area contributed by atoms with Gasteiger partial charge in [0.15, 0.2) is 0 Å². The maximum atomic E-state index is 12.2. The summed E-state index contributed by atoms with van der Waals surface area (Å²) in [5.74, 6) is -1.09. The number of alkyl halides is 3. The van der Waals surface area contributed by atoms with Crippen molar-refractivity contribution >= 4 is 5.97 Å².